The number of hydrogen-bond acceptors (Lipinski definition) is 3. The van der Waals surface area contributed by atoms with Crippen LogP contribution in [0.1, 0.15) is 36.8 Å². The number of ether oxygens (including phenoxy) is 1. The van der Waals surface area contributed by atoms with Crippen LogP contribution in [0.2, 0.25) is 5.02 Å². The van der Waals surface area contributed by atoms with E-state index in [2.05, 4.69) is 5.10 Å². The van der Waals surface area contributed by atoms with Gasteiger partial charge in [0.1, 0.15) is 5.56 Å². The zero-order valence-corrected chi connectivity index (χ0v) is 13.1. The topological polar surface area (TPSA) is 64.3 Å². The van der Waals surface area contributed by atoms with Crippen molar-refractivity contribution in [1.82, 2.24) is 9.78 Å². The second-order valence-electron chi connectivity index (χ2n) is 5.65. The smallest absolute Gasteiger partial charge is 0.343 e. The van der Waals surface area contributed by atoms with Crippen molar-refractivity contribution in [3.05, 3.63) is 40.5 Å². The Morgan fingerprint density at radius 3 is 2.43 bits per heavy atom. The summed E-state index contributed by atoms with van der Waals surface area (Å²) in [5.74, 6) is -0.907. The van der Waals surface area contributed by atoms with Crippen molar-refractivity contribution in [2.45, 2.75) is 26.2 Å². The van der Waals surface area contributed by atoms with Crippen LogP contribution in [0.3, 0.4) is 0 Å². The maximum atomic E-state index is 11.6. The van der Waals surface area contributed by atoms with Crippen LogP contribution in [-0.2, 0) is 5.41 Å². The lowest BCUT2D eigenvalue weighted by Crippen LogP contribution is -2.16. The van der Waals surface area contributed by atoms with Crippen LogP contribution >= 0.6 is 11.6 Å². The van der Waals surface area contributed by atoms with E-state index in [9.17, 15) is 9.90 Å². The second kappa shape index (κ2) is 5.41. The average molecular weight is 309 g/mol. The molecule has 0 atom stereocenters. The Hall–Kier alpha value is -2.01. The molecule has 0 saturated heterocycles. The van der Waals surface area contributed by atoms with Crippen LogP contribution in [0, 0.1) is 0 Å². The summed E-state index contributed by atoms with van der Waals surface area (Å²) < 4.78 is 6.72. The van der Waals surface area contributed by atoms with Crippen LogP contribution in [0.4, 0.5) is 0 Å². The molecule has 0 saturated carbocycles. The Morgan fingerprint density at radius 2 is 1.95 bits per heavy atom. The molecular formula is C15H17ClN2O3. The predicted molar refractivity (Wildman–Crippen MR) is 80.8 cm³/mol. The fraction of sp³-hybridized carbons (Fsp3) is 0.333. The number of aromatic nitrogens is 2. The third kappa shape index (κ3) is 2.74. The van der Waals surface area contributed by atoms with Crippen LogP contribution < -0.4 is 4.74 Å². The summed E-state index contributed by atoms with van der Waals surface area (Å²) in [7, 11) is 1.42. The zero-order valence-electron chi connectivity index (χ0n) is 12.3. The molecular weight excluding hydrogens is 292 g/mol. The summed E-state index contributed by atoms with van der Waals surface area (Å²) in [5, 5.41) is 14.4. The zero-order chi connectivity index (χ0) is 15.8. The molecule has 0 aliphatic heterocycles. The molecule has 0 radical (unpaired) electrons. The van der Waals surface area contributed by atoms with Gasteiger partial charge < -0.3 is 9.84 Å². The number of carboxylic acid groups (broad SMARTS) is 1. The standard InChI is InChI=1S/C15H17ClN2O3/c1-15(2,3)12-11(14(19)20)13(21-4)18(17-12)10-8-6-5-7-9(10)16/h5-8H,1-4H3,(H,19,20). The minimum Gasteiger partial charge on any atom is -0.480 e. The van der Waals surface area contributed by atoms with Gasteiger partial charge in [0.15, 0.2) is 0 Å². The highest BCUT2D eigenvalue weighted by atomic mass is 35.5. The molecule has 0 amide bonds. The summed E-state index contributed by atoms with van der Waals surface area (Å²) >= 11 is 6.18. The van der Waals surface area contributed by atoms with E-state index in [0.29, 0.717) is 16.4 Å². The quantitative estimate of drug-likeness (QED) is 0.942. The van der Waals surface area contributed by atoms with Crippen molar-refractivity contribution < 1.29 is 14.6 Å². The molecule has 21 heavy (non-hydrogen) atoms. The number of carboxylic acids is 1. The number of aromatic carboxylic acids is 1. The van der Waals surface area contributed by atoms with E-state index in [4.69, 9.17) is 16.3 Å². The van der Waals surface area contributed by atoms with Crippen LogP contribution in [0.25, 0.3) is 5.69 Å². The number of rotatable bonds is 3. The van der Waals surface area contributed by atoms with E-state index in [1.165, 1.54) is 11.8 Å². The molecule has 0 spiro atoms. The summed E-state index contributed by atoms with van der Waals surface area (Å²) in [6, 6.07) is 7.08. The van der Waals surface area contributed by atoms with E-state index in [1.54, 1.807) is 24.3 Å². The SMILES string of the molecule is COc1c(C(=O)O)c(C(C)(C)C)nn1-c1ccccc1Cl. The van der Waals surface area contributed by atoms with Crippen molar-refractivity contribution >= 4 is 17.6 Å². The molecule has 1 heterocycles. The molecule has 6 heteroatoms. The number of benzene rings is 1. The Balaban J connectivity index is 2.80. The lowest BCUT2D eigenvalue weighted by atomic mass is 9.89. The van der Waals surface area contributed by atoms with Crippen LogP contribution in [0.5, 0.6) is 5.88 Å². The van der Waals surface area contributed by atoms with Crippen molar-refractivity contribution in [2.75, 3.05) is 7.11 Å². The summed E-state index contributed by atoms with van der Waals surface area (Å²) in [5.41, 5.74) is 0.652. The molecule has 1 N–H and O–H groups in total. The number of methoxy groups -OCH3 is 1. The van der Waals surface area contributed by atoms with Gasteiger partial charge in [0.05, 0.1) is 23.5 Å². The molecule has 0 aliphatic carbocycles. The lowest BCUT2D eigenvalue weighted by molar-refractivity contribution is 0.0690. The van der Waals surface area contributed by atoms with E-state index < -0.39 is 11.4 Å². The Labute approximate surface area is 128 Å². The summed E-state index contributed by atoms with van der Waals surface area (Å²) in [6.07, 6.45) is 0. The largest absolute Gasteiger partial charge is 0.480 e. The van der Waals surface area contributed by atoms with Gasteiger partial charge in [-0.25, -0.2) is 4.79 Å². The maximum Gasteiger partial charge on any atom is 0.343 e. The number of carbonyl (C=O) groups is 1. The first-order chi connectivity index (χ1) is 9.77. The molecule has 0 fully saturated rings. The average Bonchev–Trinajstić information content (AvgIpc) is 2.78. The Kier molecular flexibility index (Phi) is 3.96. The fourth-order valence-corrected chi connectivity index (χ4v) is 2.31. The van der Waals surface area contributed by atoms with Gasteiger partial charge in [-0.3, -0.25) is 0 Å². The first kappa shape index (κ1) is 15.4. The highest BCUT2D eigenvalue weighted by molar-refractivity contribution is 6.32. The van der Waals surface area contributed by atoms with Gasteiger partial charge in [-0.2, -0.15) is 9.78 Å². The predicted octanol–water partition coefficient (Wildman–Crippen LogP) is 3.53. The highest BCUT2D eigenvalue weighted by Crippen LogP contribution is 2.34. The fourth-order valence-electron chi connectivity index (χ4n) is 2.10. The number of hydrogen-bond donors (Lipinski definition) is 1. The first-order valence-electron chi connectivity index (χ1n) is 6.43. The molecule has 0 unspecified atom stereocenters. The van der Waals surface area contributed by atoms with E-state index in [1.807, 2.05) is 20.8 Å². The minimum absolute atomic E-state index is 0.0601. The van der Waals surface area contributed by atoms with Gasteiger partial charge in [0.2, 0.25) is 5.88 Å². The van der Waals surface area contributed by atoms with Crippen LogP contribution in [-0.4, -0.2) is 28.0 Å². The lowest BCUT2D eigenvalue weighted by Gasteiger charge is -2.15. The van der Waals surface area contributed by atoms with E-state index >= 15 is 0 Å². The van der Waals surface area contributed by atoms with Crippen molar-refractivity contribution in [2.24, 2.45) is 0 Å². The molecule has 2 aromatic rings. The number of halogens is 1. The molecule has 1 aromatic carbocycles. The van der Waals surface area contributed by atoms with Gasteiger partial charge in [-0.1, -0.05) is 44.5 Å². The van der Waals surface area contributed by atoms with Gasteiger partial charge in [-0.15, -0.1) is 0 Å². The molecule has 2 rings (SSSR count). The summed E-state index contributed by atoms with van der Waals surface area (Å²) in [6.45, 7) is 5.70. The Morgan fingerprint density at radius 1 is 1.33 bits per heavy atom. The monoisotopic (exact) mass is 308 g/mol. The van der Waals surface area contributed by atoms with E-state index in [0.717, 1.165) is 0 Å². The van der Waals surface area contributed by atoms with Gasteiger partial charge in [-0.05, 0) is 12.1 Å². The second-order valence-corrected chi connectivity index (χ2v) is 6.06. The molecule has 0 bridgehead atoms. The highest BCUT2D eigenvalue weighted by Gasteiger charge is 2.32. The molecule has 5 nitrogen and oxygen atoms in total. The third-order valence-corrected chi connectivity index (χ3v) is 3.36. The normalized spacial score (nSPS) is 11.5. The third-order valence-electron chi connectivity index (χ3n) is 3.04. The molecule has 0 aliphatic rings. The summed E-state index contributed by atoms with van der Waals surface area (Å²) in [4.78, 5) is 11.6. The molecule has 112 valence electrons. The van der Waals surface area contributed by atoms with Crippen molar-refractivity contribution in [3.8, 4) is 11.6 Å². The van der Waals surface area contributed by atoms with Gasteiger partial charge in [0, 0.05) is 5.41 Å². The van der Waals surface area contributed by atoms with Gasteiger partial charge in [0.25, 0.3) is 0 Å². The molecule has 1 aromatic heterocycles. The maximum absolute atomic E-state index is 11.6. The number of para-hydroxylation sites is 1. The minimum atomic E-state index is -1.07. The Bertz CT molecular complexity index is 687. The van der Waals surface area contributed by atoms with E-state index in [-0.39, 0.29) is 11.4 Å². The first-order valence-corrected chi connectivity index (χ1v) is 6.81. The number of nitrogens with zero attached hydrogens (tertiary/aromatic N) is 2. The van der Waals surface area contributed by atoms with Gasteiger partial charge >= 0.3 is 5.97 Å². The van der Waals surface area contributed by atoms with Crippen LogP contribution in [0.15, 0.2) is 24.3 Å². The van der Waals surface area contributed by atoms with Crippen molar-refractivity contribution in [3.63, 3.8) is 0 Å². The van der Waals surface area contributed by atoms with Crippen molar-refractivity contribution in [1.29, 1.82) is 0 Å².